The van der Waals surface area contributed by atoms with Crippen LogP contribution in [0, 0.1) is 0 Å². The Morgan fingerprint density at radius 3 is 2.14 bits per heavy atom. The number of carbonyl (C=O) groups is 2. The molecule has 0 bridgehead atoms. The van der Waals surface area contributed by atoms with Gasteiger partial charge in [-0.1, -0.05) is 74.5 Å². The van der Waals surface area contributed by atoms with Crippen LogP contribution in [-0.4, -0.2) is 21.9 Å². The van der Waals surface area contributed by atoms with Crippen molar-refractivity contribution in [2.75, 3.05) is 4.90 Å². The standard InChI is InChI=1S/C30H25NO4/c1-18(2)19-9-13-24(14-10-19)31-27(21-11-15-25(32)16-12-21)26(29(34)30(31)35)28(33)23-8-7-20-5-3-4-6-22(20)17-23/h3-18,27,32-33H,1-2H3/b28-26-. The molecule has 0 saturated carbocycles. The van der Waals surface area contributed by atoms with Gasteiger partial charge < -0.3 is 10.2 Å². The summed E-state index contributed by atoms with van der Waals surface area (Å²) in [6, 6.07) is 26.2. The number of aliphatic hydroxyl groups excluding tert-OH is 1. The Labute approximate surface area is 203 Å². The van der Waals surface area contributed by atoms with E-state index in [0.717, 1.165) is 16.3 Å². The van der Waals surface area contributed by atoms with Gasteiger partial charge in [-0.15, -0.1) is 0 Å². The van der Waals surface area contributed by atoms with Crippen molar-refractivity contribution in [3.8, 4) is 5.75 Å². The van der Waals surface area contributed by atoms with Gasteiger partial charge in [-0.3, -0.25) is 14.5 Å². The molecule has 2 N–H and O–H groups in total. The number of hydrogen-bond acceptors (Lipinski definition) is 4. The smallest absolute Gasteiger partial charge is 0.300 e. The Balaban J connectivity index is 1.69. The van der Waals surface area contributed by atoms with Crippen molar-refractivity contribution < 1.29 is 19.8 Å². The summed E-state index contributed by atoms with van der Waals surface area (Å²) in [5, 5.41) is 23.1. The zero-order valence-electron chi connectivity index (χ0n) is 19.5. The number of carbonyl (C=O) groups excluding carboxylic acids is 2. The summed E-state index contributed by atoms with van der Waals surface area (Å²) in [7, 11) is 0. The molecular formula is C30H25NO4. The molecular weight excluding hydrogens is 438 g/mol. The second-order valence-electron chi connectivity index (χ2n) is 9.07. The van der Waals surface area contributed by atoms with Crippen molar-refractivity contribution in [1.29, 1.82) is 0 Å². The molecule has 1 aliphatic rings. The van der Waals surface area contributed by atoms with Crippen LogP contribution in [0.5, 0.6) is 5.75 Å². The van der Waals surface area contributed by atoms with Gasteiger partial charge in [-0.25, -0.2) is 0 Å². The van der Waals surface area contributed by atoms with Crippen LogP contribution in [0.4, 0.5) is 5.69 Å². The number of aromatic hydroxyl groups is 1. The fourth-order valence-corrected chi connectivity index (χ4v) is 4.58. The van der Waals surface area contributed by atoms with Gasteiger partial charge in [0.2, 0.25) is 0 Å². The van der Waals surface area contributed by atoms with Crippen LogP contribution in [0.25, 0.3) is 16.5 Å². The zero-order valence-corrected chi connectivity index (χ0v) is 19.5. The fraction of sp³-hybridized carbons (Fsp3) is 0.133. The number of aliphatic hydroxyl groups is 1. The minimum atomic E-state index is -0.841. The third-order valence-electron chi connectivity index (χ3n) is 6.51. The third-order valence-corrected chi connectivity index (χ3v) is 6.51. The first-order chi connectivity index (χ1) is 16.8. The van der Waals surface area contributed by atoms with Crippen LogP contribution in [0.1, 0.15) is 42.5 Å². The lowest BCUT2D eigenvalue weighted by Crippen LogP contribution is -2.29. The molecule has 5 heteroatoms. The first-order valence-corrected chi connectivity index (χ1v) is 11.5. The number of fused-ring (bicyclic) bond motifs is 1. The molecule has 1 atom stereocenters. The molecule has 1 aliphatic heterocycles. The molecule has 1 heterocycles. The highest BCUT2D eigenvalue weighted by molar-refractivity contribution is 6.51. The molecule has 5 rings (SSSR count). The second-order valence-corrected chi connectivity index (χ2v) is 9.07. The first kappa shape index (κ1) is 22.4. The highest BCUT2D eigenvalue weighted by atomic mass is 16.3. The molecule has 0 aromatic heterocycles. The molecule has 1 unspecified atom stereocenters. The van der Waals surface area contributed by atoms with Crippen LogP contribution in [0.3, 0.4) is 0 Å². The normalized spacial score (nSPS) is 17.5. The Hall–Kier alpha value is -4.38. The van der Waals surface area contributed by atoms with E-state index in [2.05, 4.69) is 13.8 Å². The predicted molar refractivity (Wildman–Crippen MR) is 137 cm³/mol. The summed E-state index contributed by atoms with van der Waals surface area (Å²) < 4.78 is 0. The van der Waals surface area contributed by atoms with Gasteiger partial charge in [0, 0.05) is 11.3 Å². The average Bonchev–Trinajstić information content (AvgIpc) is 3.14. The van der Waals surface area contributed by atoms with Crippen molar-refractivity contribution in [2.45, 2.75) is 25.8 Å². The summed E-state index contributed by atoms with van der Waals surface area (Å²) in [6.07, 6.45) is 0. The number of anilines is 1. The van der Waals surface area contributed by atoms with E-state index in [1.54, 1.807) is 18.2 Å². The maximum Gasteiger partial charge on any atom is 0.300 e. The summed E-state index contributed by atoms with van der Waals surface area (Å²) in [5.41, 5.74) is 2.76. The number of nitrogens with zero attached hydrogens (tertiary/aromatic N) is 1. The molecule has 1 fully saturated rings. The maximum absolute atomic E-state index is 13.3. The molecule has 5 nitrogen and oxygen atoms in total. The molecule has 4 aromatic carbocycles. The molecule has 0 spiro atoms. The topological polar surface area (TPSA) is 77.8 Å². The van der Waals surface area contributed by atoms with Gasteiger partial charge in [-0.05, 0) is 58.1 Å². The quantitative estimate of drug-likeness (QED) is 0.212. The monoisotopic (exact) mass is 463 g/mol. The van der Waals surface area contributed by atoms with Gasteiger partial charge in [0.1, 0.15) is 11.5 Å². The molecule has 1 amide bonds. The Morgan fingerprint density at radius 1 is 0.829 bits per heavy atom. The number of rotatable bonds is 4. The van der Waals surface area contributed by atoms with Gasteiger partial charge in [0.15, 0.2) is 0 Å². The molecule has 0 aliphatic carbocycles. The van der Waals surface area contributed by atoms with Crippen molar-refractivity contribution in [2.24, 2.45) is 0 Å². The lowest BCUT2D eigenvalue weighted by atomic mass is 9.94. The van der Waals surface area contributed by atoms with Gasteiger partial charge in [0.25, 0.3) is 11.7 Å². The summed E-state index contributed by atoms with van der Waals surface area (Å²) in [6.45, 7) is 4.17. The van der Waals surface area contributed by atoms with Crippen LogP contribution in [0.2, 0.25) is 0 Å². The van der Waals surface area contributed by atoms with Crippen molar-refractivity contribution in [3.63, 3.8) is 0 Å². The van der Waals surface area contributed by atoms with Crippen LogP contribution in [0.15, 0.2) is 96.6 Å². The van der Waals surface area contributed by atoms with Crippen molar-refractivity contribution in [1.82, 2.24) is 0 Å². The van der Waals surface area contributed by atoms with Gasteiger partial charge in [-0.2, -0.15) is 0 Å². The number of hydrogen-bond donors (Lipinski definition) is 2. The molecule has 4 aromatic rings. The van der Waals surface area contributed by atoms with E-state index in [1.165, 1.54) is 17.0 Å². The predicted octanol–water partition coefficient (Wildman–Crippen LogP) is 6.30. The minimum absolute atomic E-state index is 0.0175. The van der Waals surface area contributed by atoms with E-state index >= 15 is 0 Å². The molecule has 174 valence electrons. The maximum atomic E-state index is 13.3. The number of Topliss-reactive ketones (excluding diaryl/α,β-unsaturated/α-hetero) is 1. The third kappa shape index (κ3) is 3.95. The van der Waals surface area contributed by atoms with E-state index in [9.17, 15) is 19.8 Å². The van der Waals surface area contributed by atoms with Gasteiger partial charge in [0.05, 0.1) is 11.6 Å². The molecule has 35 heavy (non-hydrogen) atoms. The number of ketones is 1. The highest BCUT2D eigenvalue weighted by Crippen LogP contribution is 2.42. The van der Waals surface area contributed by atoms with E-state index in [0.29, 0.717) is 22.7 Å². The van der Waals surface area contributed by atoms with E-state index < -0.39 is 17.7 Å². The number of amides is 1. The summed E-state index contributed by atoms with van der Waals surface area (Å²) in [4.78, 5) is 28.1. The number of phenolic OH excluding ortho intramolecular Hbond substituents is 1. The number of phenols is 1. The van der Waals surface area contributed by atoms with Crippen LogP contribution in [-0.2, 0) is 9.59 Å². The van der Waals surface area contributed by atoms with Gasteiger partial charge >= 0.3 is 0 Å². The summed E-state index contributed by atoms with van der Waals surface area (Å²) >= 11 is 0. The fourth-order valence-electron chi connectivity index (χ4n) is 4.58. The zero-order chi connectivity index (χ0) is 24.7. The largest absolute Gasteiger partial charge is 0.508 e. The molecule has 1 saturated heterocycles. The Morgan fingerprint density at radius 2 is 1.49 bits per heavy atom. The Bertz CT molecular complexity index is 1470. The lowest BCUT2D eigenvalue weighted by Gasteiger charge is -2.26. The van der Waals surface area contributed by atoms with Crippen LogP contribution >= 0.6 is 0 Å². The number of benzene rings is 4. The Kier molecular flexibility index (Phi) is 5.61. The average molecular weight is 464 g/mol. The highest BCUT2D eigenvalue weighted by Gasteiger charge is 2.47. The molecule has 0 radical (unpaired) electrons. The lowest BCUT2D eigenvalue weighted by molar-refractivity contribution is -0.132. The van der Waals surface area contributed by atoms with Crippen LogP contribution < -0.4 is 4.90 Å². The van der Waals surface area contributed by atoms with E-state index in [1.807, 2.05) is 60.7 Å². The van der Waals surface area contributed by atoms with E-state index in [-0.39, 0.29) is 17.1 Å². The van der Waals surface area contributed by atoms with E-state index in [4.69, 9.17) is 0 Å². The first-order valence-electron chi connectivity index (χ1n) is 11.5. The summed E-state index contributed by atoms with van der Waals surface area (Å²) in [5.74, 6) is -1.29. The van der Waals surface area contributed by atoms with Crippen molar-refractivity contribution in [3.05, 3.63) is 113 Å². The second kappa shape index (κ2) is 8.76. The SMILES string of the molecule is CC(C)c1ccc(N2C(=O)C(=O)/C(=C(\O)c3ccc4ccccc4c3)C2c2ccc(O)cc2)cc1. The van der Waals surface area contributed by atoms with Crippen molar-refractivity contribution >= 4 is 33.9 Å². The minimum Gasteiger partial charge on any atom is -0.508 e.